The number of fused-ring (bicyclic) bond motifs is 1. The maximum atomic E-state index is 6.16. The van der Waals surface area contributed by atoms with Crippen LogP contribution in [0.25, 0.3) is 9.40 Å². The topological polar surface area (TPSA) is 39.2 Å². The Kier molecular flexibility index (Phi) is 2.55. The molecular weight excluding hydrogens is 238 g/mol. The Balaban J connectivity index is 1.84. The molecule has 82 valence electrons. The number of hydrogen-bond acceptors (Lipinski definition) is 4. The summed E-state index contributed by atoms with van der Waals surface area (Å²) in [5, 5.41) is 2.11. The molecule has 0 radical (unpaired) electrons. The Morgan fingerprint density at radius 1 is 1.31 bits per heavy atom. The quantitative estimate of drug-likeness (QED) is 0.767. The normalized spacial score (nSPS) is 13.3. The first-order valence-corrected chi connectivity index (χ1v) is 6.77. The predicted octanol–water partition coefficient (Wildman–Crippen LogP) is 3.80. The van der Waals surface area contributed by atoms with Gasteiger partial charge in [-0.05, 0) is 29.6 Å². The Bertz CT molecular complexity index is 550. The SMILES string of the molecule is NC(Cc1ccco1)c1cc2sccc2s1. The zero-order valence-electron chi connectivity index (χ0n) is 8.55. The van der Waals surface area contributed by atoms with E-state index >= 15 is 0 Å². The van der Waals surface area contributed by atoms with Gasteiger partial charge in [-0.25, -0.2) is 0 Å². The molecule has 0 saturated heterocycles. The van der Waals surface area contributed by atoms with Gasteiger partial charge in [-0.15, -0.1) is 22.7 Å². The molecule has 0 aromatic carbocycles. The van der Waals surface area contributed by atoms with E-state index in [1.807, 2.05) is 12.1 Å². The van der Waals surface area contributed by atoms with Crippen molar-refractivity contribution in [3.8, 4) is 0 Å². The summed E-state index contributed by atoms with van der Waals surface area (Å²) in [5.41, 5.74) is 6.16. The molecule has 3 rings (SSSR count). The van der Waals surface area contributed by atoms with E-state index in [4.69, 9.17) is 10.2 Å². The largest absolute Gasteiger partial charge is 0.469 e. The van der Waals surface area contributed by atoms with Gasteiger partial charge in [-0.2, -0.15) is 0 Å². The lowest BCUT2D eigenvalue weighted by Crippen LogP contribution is -2.11. The van der Waals surface area contributed by atoms with E-state index in [9.17, 15) is 0 Å². The van der Waals surface area contributed by atoms with Crippen LogP contribution in [-0.2, 0) is 6.42 Å². The number of furan rings is 1. The molecule has 1 unspecified atom stereocenters. The van der Waals surface area contributed by atoms with Crippen molar-refractivity contribution in [2.75, 3.05) is 0 Å². The summed E-state index contributed by atoms with van der Waals surface area (Å²) < 4.78 is 7.97. The average Bonchev–Trinajstić information content (AvgIpc) is 2.91. The zero-order valence-corrected chi connectivity index (χ0v) is 10.2. The molecule has 3 aromatic rings. The van der Waals surface area contributed by atoms with E-state index in [-0.39, 0.29) is 6.04 Å². The molecule has 2 nitrogen and oxygen atoms in total. The summed E-state index contributed by atoms with van der Waals surface area (Å²) >= 11 is 3.54. The van der Waals surface area contributed by atoms with Gasteiger partial charge >= 0.3 is 0 Å². The average molecular weight is 249 g/mol. The van der Waals surface area contributed by atoms with Crippen molar-refractivity contribution in [1.29, 1.82) is 0 Å². The highest BCUT2D eigenvalue weighted by atomic mass is 32.1. The van der Waals surface area contributed by atoms with E-state index in [0.29, 0.717) is 0 Å². The van der Waals surface area contributed by atoms with Gasteiger partial charge in [0.05, 0.1) is 6.26 Å². The van der Waals surface area contributed by atoms with E-state index in [2.05, 4.69) is 17.5 Å². The van der Waals surface area contributed by atoms with Gasteiger partial charge in [-0.3, -0.25) is 0 Å². The molecule has 0 fully saturated rings. The summed E-state index contributed by atoms with van der Waals surface area (Å²) in [6.07, 6.45) is 2.45. The van der Waals surface area contributed by atoms with Gasteiger partial charge in [0.15, 0.2) is 0 Å². The van der Waals surface area contributed by atoms with Gasteiger partial charge in [0.2, 0.25) is 0 Å². The van der Waals surface area contributed by atoms with E-state index in [0.717, 1.165) is 12.2 Å². The lowest BCUT2D eigenvalue weighted by atomic mass is 10.1. The summed E-state index contributed by atoms with van der Waals surface area (Å²) in [6, 6.07) is 8.24. The molecule has 3 aromatic heterocycles. The van der Waals surface area contributed by atoms with Crippen LogP contribution in [0.2, 0.25) is 0 Å². The van der Waals surface area contributed by atoms with Gasteiger partial charge in [0, 0.05) is 26.7 Å². The van der Waals surface area contributed by atoms with E-state index in [1.165, 1.54) is 14.3 Å². The fraction of sp³-hybridized carbons (Fsp3) is 0.167. The van der Waals surface area contributed by atoms with Crippen molar-refractivity contribution in [2.24, 2.45) is 5.73 Å². The minimum atomic E-state index is 0.0377. The van der Waals surface area contributed by atoms with Crippen LogP contribution in [0.1, 0.15) is 16.7 Å². The molecule has 3 heterocycles. The standard InChI is InChI=1S/C12H11NOS2/c13-9(6-8-2-1-4-14-8)11-7-12-10(16-11)3-5-15-12/h1-5,7,9H,6,13H2. The first kappa shape index (κ1) is 10.1. The molecule has 0 aliphatic heterocycles. The third-order valence-corrected chi connectivity index (χ3v) is 4.75. The van der Waals surface area contributed by atoms with Crippen molar-refractivity contribution in [3.05, 3.63) is 46.5 Å². The van der Waals surface area contributed by atoms with Gasteiger partial charge in [-0.1, -0.05) is 0 Å². The van der Waals surface area contributed by atoms with Gasteiger partial charge < -0.3 is 10.2 Å². The summed E-state index contributed by atoms with van der Waals surface area (Å²) in [7, 11) is 0. The number of rotatable bonds is 3. The van der Waals surface area contributed by atoms with E-state index < -0.39 is 0 Å². The highest BCUT2D eigenvalue weighted by Crippen LogP contribution is 2.33. The summed E-state index contributed by atoms with van der Waals surface area (Å²) in [5.74, 6) is 0.948. The van der Waals surface area contributed by atoms with Crippen LogP contribution in [-0.4, -0.2) is 0 Å². The molecule has 1 atom stereocenters. The molecule has 2 N–H and O–H groups in total. The number of thiophene rings is 2. The minimum absolute atomic E-state index is 0.0377. The van der Waals surface area contributed by atoms with E-state index in [1.54, 1.807) is 28.9 Å². The van der Waals surface area contributed by atoms with Crippen LogP contribution in [0, 0.1) is 0 Å². The van der Waals surface area contributed by atoms with Crippen molar-refractivity contribution < 1.29 is 4.42 Å². The fourth-order valence-electron chi connectivity index (χ4n) is 1.71. The Morgan fingerprint density at radius 2 is 2.25 bits per heavy atom. The predicted molar refractivity (Wildman–Crippen MR) is 69.0 cm³/mol. The summed E-state index contributed by atoms with van der Waals surface area (Å²) in [6.45, 7) is 0. The van der Waals surface area contributed by atoms with Crippen LogP contribution in [0.4, 0.5) is 0 Å². The first-order chi connectivity index (χ1) is 7.83. The molecule has 0 spiro atoms. The van der Waals surface area contributed by atoms with Gasteiger partial charge in [0.1, 0.15) is 5.76 Å². The van der Waals surface area contributed by atoms with Crippen LogP contribution in [0.3, 0.4) is 0 Å². The van der Waals surface area contributed by atoms with Crippen molar-refractivity contribution in [2.45, 2.75) is 12.5 Å². The highest BCUT2D eigenvalue weighted by molar-refractivity contribution is 7.26. The second kappa shape index (κ2) is 4.05. The Hall–Kier alpha value is -1.10. The lowest BCUT2D eigenvalue weighted by molar-refractivity contribution is 0.490. The molecule has 0 bridgehead atoms. The molecule has 0 saturated carbocycles. The third-order valence-electron chi connectivity index (χ3n) is 2.53. The molecule has 16 heavy (non-hydrogen) atoms. The summed E-state index contributed by atoms with van der Waals surface area (Å²) in [4.78, 5) is 1.23. The smallest absolute Gasteiger partial charge is 0.105 e. The minimum Gasteiger partial charge on any atom is -0.469 e. The first-order valence-electron chi connectivity index (χ1n) is 5.08. The molecule has 0 aliphatic carbocycles. The number of hydrogen-bond donors (Lipinski definition) is 1. The second-order valence-electron chi connectivity index (χ2n) is 3.69. The van der Waals surface area contributed by atoms with Crippen LogP contribution in [0.15, 0.2) is 40.3 Å². The molecule has 0 aliphatic rings. The van der Waals surface area contributed by atoms with Crippen LogP contribution < -0.4 is 5.73 Å². The molecule has 0 amide bonds. The maximum absolute atomic E-state index is 6.16. The fourth-order valence-corrected chi connectivity index (χ4v) is 3.83. The van der Waals surface area contributed by atoms with Crippen molar-refractivity contribution in [3.63, 3.8) is 0 Å². The molecule has 4 heteroatoms. The van der Waals surface area contributed by atoms with Crippen molar-refractivity contribution >= 4 is 32.1 Å². The lowest BCUT2D eigenvalue weighted by Gasteiger charge is -2.06. The Labute approximate surface area is 101 Å². The second-order valence-corrected chi connectivity index (χ2v) is 5.75. The zero-order chi connectivity index (χ0) is 11.0. The van der Waals surface area contributed by atoms with Crippen molar-refractivity contribution in [1.82, 2.24) is 0 Å². The maximum Gasteiger partial charge on any atom is 0.105 e. The van der Waals surface area contributed by atoms with Gasteiger partial charge in [0.25, 0.3) is 0 Å². The van der Waals surface area contributed by atoms with Crippen LogP contribution in [0.5, 0.6) is 0 Å². The molecular formula is C12H11NOS2. The monoisotopic (exact) mass is 249 g/mol. The third kappa shape index (κ3) is 1.80. The Morgan fingerprint density at radius 3 is 3.00 bits per heavy atom. The highest BCUT2D eigenvalue weighted by Gasteiger charge is 2.12. The number of nitrogens with two attached hydrogens (primary N) is 1. The van der Waals surface area contributed by atoms with Crippen LogP contribution >= 0.6 is 22.7 Å².